The van der Waals surface area contributed by atoms with Gasteiger partial charge < -0.3 is 24.8 Å². The summed E-state index contributed by atoms with van der Waals surface area (Å²) in [6.07, 6.45) is 4.11. The van der Waals surface area contributed by atoms with Gasteiger partial charge in [0.05, 0.1) is 13.2 Å². The largest absolute Gasteiger partial charge is 0.450 e. The lowest BCUT2D eigenvalue weighted by Crippen LogP contribution is -2.50. The predicted octanol–water partition coefficient (Wildman–Crippen LogP) is 2.20. The lowest BCUT2D eigenvalue weighted by molar-refractivity contribution is 0.0963. The maximum atomic E-state index is 11.9. The Morgan fingerprint density at radius 1 is 1.23 bits per heavy atom. The highest BCUT2D eigenvalue weighted by Gasteiger charge is 2.24. The van der Waals surface area contributed by atoms with Crippen molar-refractivity contribution >= 4 is 12.1 Å². The number of carbonyl (C=O) groups excluding carboxylic acids is 1. The SMILES string of the molecule is CCOC(=O)N1CCC(NC(=NCc2ccccc2)NCCn2cnnc2CC)CC1. The van der Waals surface area contributed by atoms with E-state index in [0.29, 0.717) is 32.8 Å². The molecule has 0 atom stereocenters. The van der Waals surface area contributed by atoms with Crippen molar-refractivity contribution in [2.45, 2.75) is 52.2 Å². The lowest BCUT2D eigenvalue weighted by atomic mass is 10.1. The average Bonchev–Trinajstić information content (AvgIpc) is 3.26. The van der Waals surface area contributed by atoms with E-state index in [1.54, 1.807) is 11.2 Å². The average molecular weight is 428 g/mol. The molecule has 168 valence electrons. The van der Waals surface area contributed by atoms with Gasteiger partial charge in [-0.3, -0.25) is 0 Å². The van der Waals surface area contributed by atoms with Gasteiger partial charge in [-0.1, -0.05) is 37.3 Å². The van der Waals surface area contributed by atoms with Crippen molar-refractivity contribution in [1.82, 2.24) is 30.3 Å². The summed E-state index contributed by atoms with van der Waals surface area (Å²) in [7, 11) is 0. The number of aliphatic imine (C=N–C) groups is 1. The number of ether oxygens (including phenoxy) is 1. The quantitative estimate of drug-likeness (QED) is 0.495. The van der Waals surface area contributed by atoms with Gasteiger partial charge in [-0.15, -0.1) is 10.2 Å². The standard InChI is InChI=1S/C22H33N7O2/c1-3-20-27-25-17-29(20)15-12-23-21(24-16-18-8-6-5-7-9-18)26-19-10-13-28(14-11-19)22(30)31-4-2/h5-9,17,19H,3-4,10-16H2,1-2H3,(H2,23,24,26). The van der Waals surface area contributed by atoms with Gasteiger partial charge in [-0.2, -0.15) is 0 Å². The first-order valence-corrected chi connectivity index (χ1v) is 11.1. The topological polar surface area (TPSA) is 96.7 Å². The van der Waals surface area contributed by atoms with Crippen LogP contribution in [-0.2, 0) is 24.2 Å². The number of carbonyl (C=O) groups is 1. The van der Waals surface area contributed by atoms with Crippen molar-refractivity contribution in [2.24, 2.45) is 4.99 Å². The van der Waals surface area contributed by atoms with E-state index in [1.165, 1.54) is 0 Å². The first kappa shape index (κ1) is 22.6. The normalized spacial score (nSPS) is 15.0. The molecule has 1 aliphatic heterocycles. The van der Waals surface area contributed by atoms with E-state index < -0.39 is 0 Å². The number of guanidine groups is 1. The molecule has 0 unspecified atom stereocenters. The fraction of sp³-hybridized carbons (Fsp3) is 0.545. The van der Waals surface area contributed by atoms with Crippen LogP contribution < -0.4 is 10.6 Å². The number of hydrogen-bond acceptors (Lipinski definition) is 5. The van der Waals surface area contributed by atoms with Crippen LogP contribution in [0.25, 0.3) is 0 Å². The molecule has 9 heteroatoms. The molecule has 1 saturated heterocycles. The van der Waals surface area contributed by atoms with Crippen LogP contribution in [-0.4, -0.2) is 64.0 Å². The van der Waals surface area contributed by atoms with Crippen LogP contribution >= 0.6 is 0 Å². The monoisotopic (exact) mass is 427 g/mol. The van der Waals surface area contributed by atoms with Crippen molar-refractivity contribution in [3.05, 3.63) is 48.0 Å². The minimum atomic E-state index is -0.224. The number of aromatic nitrogens is 3. The van der Waals surface area contributed by atoms with Gasteiger partial charge in [0.2, 0.25) is 0 Å². The first-order chi connectivity index (χ1) is 15.2. The van der Waals surface area contributed by atoms with Crippen LogP contribution in [0, 0.1) is 0 Å². The number of benzene rings is 1. The van der Waals surface area contributed by atoms with Gasteiger partial charge in [0.1, 0.15) is 12.2 Å². The smallest absolute Gasteiger partial charge is 0.409 e. The van der Waals surface area contributed by atoms with Gasteiger partial charge >= 0.3 is 6.09 Å². The van der Waals surface area contributed by atoms with Crippen molar-refractivity contribution in [3.63, 3.8) is 0 Å². The Kier molecular flexibility index (Phi) is 8.69. The van der Waals surface area contributed by atoms with Crippen LogP contribution in [0.5, 0.6) is 0 Å². The van der Waals surface area contributed by atoms with E-state index in [9.17, 15) is 4.79 Å². The van der Waals surface area contributed by atoms with E-state index in [-0.39, 0.29) is 12.1 Å². The van der Waals surface area contributed by atoms with Crippen LogP contribution in [0.2, 0.25) is 0 Å². The summed E-state index contributed by atoms with van der Waals surface area (Å²) in [5.74, 6) is 1.76. The van der Waals surface area contributed by atoms with Crippen molar-refractivity contribution in [3.8, 4) is 0 Å². The molecule has 2 heterocycles. The molecule has 0 radical (unpaired) electrons. The maximum absolute atomic E-state index is 11.9. The number of piperidine rings is 1. The molecule has 1 amide bonds. The third kappa shape index (κ3) is 6.97. The number of rotatable bonds is 8. The van der Waals surface area contributed by atoms with Crippen molar-refractivity contribution < 1.29 is 9.53 Å². The number of hydrogen-bond donors (Lipinski definition) is 2. The Labute approximate surface area is 183 Å². The second-order valence-electron chi connectivity index (χ2n) is 7.48. The fourth-order valence-corrected chi connectivity index (χ4v) is 3.56. The molecule has 1 aromatic heterocycles. The van der Waals surface area contributed by atoms with E-state index in [2.05, 4.69) is 44.5 Å². The van der Waals surface area contributed by atoms with Crippen molar-refractivity contribution in [2.75, 3.05) is 26.2 Å². The lowest BCUT2D eigenvalue weighted by Gasteiger charge is -2.32. The second-order valence-corrected chi connectivity index (χ2v) is 7.48. The molecule has 0 spiro atoms. The van der Waals surface area contributed by atoms with E-state index >= 15 is 0 Å². The Hall–Kier alpha value is -3.10. The summed E-state index contributed by atoms with van der Waals surface area (Å²) in [6.45, 7) is 7.76. The Bertz CT molecular complexity index is 829. The summed E-state index contributed by atoms with van der Waals surface area (Å²) < 4.78 is 7.17. The van der Waals surface area contributed by atoms with E-state index in [0.717, 1.165) is 43.2 Å². The molecular formula is C22H33N7O2. The number of aryl methyl sites for hydroxylation is 1. The van der Waals surface area contributed by atoms with Gasteiger partial charge in [-0.25, -0.2) is 9.79 Å². The Balaban J connectivity index is 1.56. The maximum Gasteiger partial charge on any atom is 0.409 e. The molecule has 0 saturated carbocycles. The van der Waals surface area contributed by atoms with Crippen LogP contribution in [0.4, 0.5) is 4.79 Å². The zero-order valence-electron chi connectivity index (χ0n) is 18.5. The third-order valence-corrected chi connectivity index (χ3v) is 5.28. The zero-order valence-corrected chi connectivity index (χ0v) is 18.5. The van der Waals surface area contributed by atoms with Gasteiger partial charge in [0.25, 0.3) is 0 Å². The molecule has 3 rings (SSSR count). The predicted molar refractivity (Wildman–Crippen MR) is 120 cm³/mol. The summed E-state index contributed by atoms with van der Waals surface area (Å²) in [6, 6.07) is 10.5. The molecule has 1 fully saturated rings. The minimum absolute atomic E-state index is 0.224. The highest BCUT2D eigenvalue weighted by molar-refractivity contribution is 5.80. The van der Waals surface area contributed by atoms with Crippen LogP contribution in [0.1, 0.15) is 38.1 Å². The molecule has 31 heavy (non-hydrogen) atoms. The second kappa shape index (κ2) is 11.9. The summed E-state index contributed by atoms with van der Waals surface area (Å²) in [5.41, 5.74) is 1.16. The molecule has 9 nitrogen and oxygen atoms in total. The zero-order chi connectivity index (χ0) is 21.9. The molecule has 0 bridgehead atoms. The number of nitrogens with zero attached hydrogens (tertiary/aromatic N) is 5. The third-order valence-electron chi connectivity index (χ3n) is 5.28. The number of nitrogens with one attached hydrogen (secondary N) is 2. The molecule has 1 aliphatic rings. The minimum Gasteiger partial charge on any atom is -0.450 e. The molecule has 2 N–H and O–H groups in total. The van der Waals surface area contributed by atoms with E-state index in [4.69, 9.17) is 9.73 Å². The van der Waals surface area contributed by atoms with Crippen molar-refractivity contribution in [1.29, 1.82) is 0 Å². The Morgan fingerprint density at radius 2 is 2.00 bits per heavy atom. The van der Waals surface area contributed by atoms with Crippen LogP contribution in [0.15, 0.2) is 41.7 Å². The van der Waals surface area contributed by atoms with Gasteiger partial charge in [0.15, 0.2) is 5.96 Å². The fourth-order valence-electron chi connectivity index (χ4n) is 3.56. The summed E-state index contributed by atoms with van der Waals surface area (Å²) in [5, 5.41) is 15.1. The van der Waals surface area contributed by atoms with Gasteiger partial charge in [0, 0.05) is 38.6 Å². The molecule has 2 aromatic rings. The highest BCUT2D eigenvalue weighted by atomic mass is 16.6. The summed E-state index contributed by atoms with van der Waals surface area (Å²) in [4.78, 5) is 18.5. The highest BCUT2D eigenvalue weighted by Crippen LogP contribution is 2.11. The molecular weight excluding hydrogens is 394 g/mol. The molecule has 1 aromatic carbocycles. The Morgan fingerprint density at radius 3 is 2.71 bits per heavy atom. The number of likely N-dealkylation sites (tertiary alicyclic amines) is 1. The first-order valence-electron chi connectivity index (χ1n) is 11.1. The van der Waals surface area contributed by atoms with Crippen LogP contribution in [0.3, 0.4) is 0 Å². The van der Waals surface area contributed by atoms with E-state index in [1.807, 2.05) is 25.1 Å². The van der Waals surface area contributed by atoms with Gasteiger partial charge in [-0.05, 0) is 25.3 Å². The molecule has 0 aliphatic carbocycles. The number of amides is 1. The summed E-state index contributed by atoms with van der Waals surface area (Å²) >= 11 is 0.